The summed E-state index contributed by atoms with van der Waals surface area (Å²) in [4.78, 5) is 27.9. The Balaban J connectivity index is 2.20. The van der Waals surface area contributed by atoms with E-state index in [1.165, 1.54) is 83.5 Å². The summed E-state index contributed by atoms with van der Waals surface area (Å²) >= 11 is 0. The van der Waals surface area contributed by atoms with Crippen LogP contribution in [0.25, 0.3) is 0 Å². The molecule has 5 nitrogen and oxygen atoms in total. The zero-order valence-electron chi connectivity index (χ0n) is 26.4. The quantitative estimate of drug-likeness (QED) is 0.108. The number of carbonyl (C=O) groups is 2. The van der Waals surface area contributed by atoms with Crippen LogP contribution in [0.3, 0.4) is 0 Å². The summed E-state index contributed by atoms with van der Waals surface area (Å²) in [6.45, 7) is 13.5. The van der Waals surface area contributed by atoms with Gasteiger partial charge in [0.1, 0.15) is 0 Å². The maximum Gasteiger partial charge on any atom is 0.312 e. The Morgan fingerprint density at radius 3 is 1.50 bits per heavy atom. The number of piperidine rings is 1. The van der Waals surface area contributed by atoms with Crippen LogP contribution in [0, 0.1) is 5.41 Å². The van der Waals surface area contributed by atoms with Crippen LogP contribution < -0.4 is 0 Å². The Morgan fingerprint density at radius 1 is 0.658 bits per heavy atom. The van der Waals surface area contributed by atoms with Crippen molar-refractivity contribution in [3.05, 3.63) is 0 Å². The minimum atomic E-state index is -0.621. The lowest BCUT2D eigenvalue weighted by molar-refractivity contribution is -0.173. The van der Waals surface area contributed by atoms with Crippen LogP contribution in [0.4, 0.5) is 0 Å². The van der Waals surface area contributed by atoms with Gasteiger partial charge < -0.3 is 9.47 Å². The van der Waals surface area contributed by atoms with Crippen molar-refractivity contribution >= 4 is 11.9 Å². The van der Waals surface area contributed by atoms with Crippen LogP contribution in [0.5, 0.6) is 0 Å². The van der Waals surface area contributed by atoms with Crippen LogP contribution in [-0.4, -0.2) is 48.2 Å². The summed E-state index contributed by atoms with van der Waals surface area (Å²) < 4.78 is 11.1. The fourth-order valence-electron chi connectivity index (χ4n) is 6.56. The van der Waals surface area contributed by atoms with Gasteiger partial charge in [-0.15, -0.1) is 0 Å². The van der Waals surface area contributed by atoms with Gasteiger partial charge in [-0.3, -0.25) is 14.5 Å². The van der Waals surface area contributed by atoms with Crippen molar-refractivity contribution in [3.8, 4) is 0 Å². The molecule has 5 heteroatoms. The lowest BCUT2D eigenvalue weighted by Crippen LogP contribution is -2.63. The summed E-state index contributed by atoms with van der Waals surface area (Å²) in [6, 6.07) is 0. The maximum absolute atomic E-state index is 13.1. The molecule has 224 valence electrons. The third-order valence-electron chi connectivity index (χ3n) is 8.89. The first-order chi connectivity index (χ1) is 18.0. The highest BCUT2D eigenvalue weighted by Gasteiger charge is 2.55. The van der Waals surface area contributed by atoms with Crippen LogP contribution >= 0.6 is 0 Å². The van der Waals surface area contributed by atoms with E-state index in [-0.39, 0.29) is 29.6 Å². The van der Waals surface area contributed by atoms with E-state index in [1.54, 1.807) is 0 Å². The molecule has 0 spiro atoms. The molecule has 1 heterocycles. The van der Waals surface area contributed by atoms with E-state index in [1.807, 2.05) is 6.92 Å². The van der Waals surface area contributed by atoms with Gasteiger partial charge in [0.2, 0.25) is 0 Å². The Labute approximate surface area is 236 Å². The van der Waals surface area contributed by atoms with Gasteiger partial charge >= 0.3 is 11.9 Å². The van der Waals surface area contributed by atoms with Gasteiger partial charge in [-0.25, -0.2) is 0 Å². The second-order valence-electron chi connectivity index (χ2n) is 13.2. The molecule has 1 fully saturated rings. The van der Waals surface area contributed by atoms with E-state index in [4.69, 9.17) is 9.47 Å². The second-order valence-corrected chi connectivity index (χ2v) is 13.2. The fourth-order valence-corrected chi connectivity index (χ4v) is 6.56. The minimum absolute atomic E-state index is 0.134. The number of hydrogen-bond acceptors (Lipinski definition) is 5. The van der Waals surface area contributed by atoms with E-state index >= 15 is 0 Å². The molecule has 0 aromatic rings. The number of rotatable bonds is 21. The van der Waals surface area contributed by atoms with Crippen molar-refractivity contribution in [2.75, 3.05) is 20.3 Å². The molecule has 0 amide bonds. The molecule has 0 unspecified atom stereocenters. The van der Waals surface area contributed by atoms with Crippen molar-refractivity contribution in [2.24, 2.45) is 5.41 Å². The number of carbonyl (C=O) groups excluding carboxylic acids is 2. The van der Waals surface area contributed by atoms with Gasteiger partial charge in [0.05, 0.1) is 18.6 Å². The van der Waals surface area contributed by atoms with Gasteiger partial charge in [0.15, 0.2) is 0 Å². The summed E-state index contributed by atoms with van der Waals surface area (Å²) in [5.41, 5.74) is -0.913. The largest absolute Gasteiger partial charge is 0.466 e. The Bertz CT molecular complexity index is 639. The third-order valence-corrected chi connectivity index (χ3v) is 8.89. The second kappa shape index (κ2) is 18.3. The molecule has 1 aliphatic rings. The Morgan fingerprint density at radius 2 is 1.08 bits per heavy atom. The van der Waals surface area contributed by atoms with Crippen molar-refractivity contribution in [3.63, 3.8) is 0 Å². The third kappa shape index (κ3) is 12.8. The normalized spacial score (nSPS) is 18.3. The van der Waals surface area contributed by atoms with Crippen LogP contribution in [0.2, 0.25) is 0 Å². The number of unbranched alkanes of at least 4 members (excludes halogenated alkanes) is 14. The summed E-state index contributed by atoms with van der Waals surface area (Å²) in [6.07, 6.45) is 22.1. The number of nitrogens with zero attached hydrogens (tertiary/aromatic N) is 1. The van der Waals surface area contributed by atoms with E-state index in [0.29, 0.717) is 32.3 Å². The van der Waals surface area contributed by atoms with Gasteiger partial charge in [0, 0.05) is 17.5 Å². The van der Waals surface area contributed by atoms with E-state index in [9.17, 15) is 9.59 Å². The molecule has 0 aromatic heterocycles. The first kappa shape index (κ1) is 34.9. The molecule has 0 aliphatic carbocycles. The Kier molecular flexibility index (Phi) is 16.8. The molecule has 1 saturated heterocycles. The molecule has 0 bridgehead atoms. The van der Waals surface area contributed by atoms with Crippen LogP contribution in [0.1, 0.15) is 164 Å². The van der Waals surface area contributed by atoms with Crippen LogP contribution in [0.15, 0.2) is 0 Å². The topological polar surface area (TPSA) is 55.8 Å². The average Bonchev–Trinajstić information content (AvgIpc) is 2.84. The maximum atomic E-state index is 13.1. The highest BCUT2D eigenvalue weighted by Crippen LogP contribution is 2.50. The van der Waals surface area contributed by atoms with Gasteiger partial charge in [-0.2, -0.15) is 0 Å². The van der Waals surface area contributed by atoms with Gasteiger partial charge in [0.25, 0.3) is 0 Å². The number of hydrogen-bond donors (Lipinski definition) is 0. The number of esters is 2. The monoisotopic (exact) mass is 537 g/mol. The Hall–Kier alpha value is -1.10. The predicted molar refractivity (Wildman–Crippen MR) is 159 cm³/mol. The van der Waals surface area contributed by atoms with Crippen molar-refractivity contribution in [1.29, 1.82) is 0 Å². The van der Waals surface area contributed by atoms with Crippen molar-refractivity contribution in [2.45, 2.75) is 175 Å². The summed E-state index contributed by atoms with van der Waals surface area (Å²) in [7, 11) is 2.13. The molecule has 0 radical (unpaired) electrons. The van der Waals surface area contributed by atoms with Gasteiger partial charge in [-0.05, 0) is 67.3 Å². The van der Waals surface area contributed by atoms with Crippen LogP contribution in [-0.2, 0) is 19.1 Å². The van der Waals surface area contributed by atoms with Gasteiger partial charge in [-0.1, -0.05) is 96.8 Å². The molecular weight excluding hydrogens is 474 g/mol. The zero-order valence-corrected chi connectivity index (χ0v) is 26.4. The number of likely N-dealkylation sites (tertiary alicyclic amines) is 1. The molecule has 0 aromatic carbocycles. The smallest absolute Gasteiger partial charge is 0.312 e. The highest BCUT2D eigenvalue weighted by molar-refractivity contribution is 5.77. The SMILES string of the molecule is CCCCCCCCCCCCCCCCCC(=O)OCCC1(C(=O)OCC)CC(C)(C)N(C)C(C)(C)C1. The highest BCUT2D eigenvalue weighted by atomic mass is 16.5. The predicted octanol–water partition coefficient (Wildman–Crippen LogP) is 9.01. The minimum Gasteiger partial charge on any atom is -0.466 e. The molecule has 0 N–H and O–H groups in total. The van der Waals surface area contributed by atoms with E-state index in [0.717, 1.165) is 12.8 Å². The van der Waals surface area contributed by atoms with E-state index < -0.39 is 5.41 Å². The molecule has 0 saturated carbocycles. The first-order valence-corrected chi connectivity index (χ1v) is 16.1. The first-order valence-electron chi connectivity index (χ1n) is 16.1. The van der Waals surface area contributed by atoms with Crippen molar-refractivity contribution < 1.29 is 19.1 Å². The molecule has 38 heavy (non-hydrogen) atoms. The van der Waals surface area contributed by atoms with Crippen molar-refractivity contribution in [1.82, 2.24) is 4.90 Å². The molecule has 1 aliphatic heterocycles. The summed E-state index contributed by atoms with van der Waals surface area (Å²) in [5, 5.41) is 0. The summed E-state index contributed by atoms with van der Waals surface area (Å²) in [5.74, 6) is -0.280. The standard InChI is InChI=1S/C33H63NO4/c1-8-10-11-12-13-14-15-16-17-18-19-20-21-22-23-24-29(35)38-26-25-33(30(36)37-9-2)27-31(3,4)34(7)32(5,6)28-33/h8-28H2,1-7H3. The lowest BCUT2D eigenvalue weighted by Gasteiger charge is -2.57. The number of ether oxygens (including phenoxy) is 2. The molecular formula is C33H63NO4. The lowest BCUT2D eigenvalue weighted by atomic mass is 9.63. The molecule has 1 rings (SSSR count). The van der Waals surface area contributed by atoms with E-state index in [2.05, 4.69) is 46.6 Å². The molecule has 0 atom stereocenters. The fraction of sp³-hybridized carbons (Fsp3) is 0.939. The average molecular weight is 538 g/mol. The zero-order chi connectivity index (χ0) is 28.5.